The van der Waals surface area contributed by atoms with Gasteiger partial charge in [0.25, 0.3) is 0 Å². The first kappa shape index (κ1) is 22.7. The number of nitriles is 1. The zero-order chi connectivity index (χ0) is 23.3. The number of amides is 1. The molecule has 0 bridgehead atoms. The number of Topliss-reactive ketones (excluding diaryl/α,β-unsaturated/α-hetero) is 1. The molecule has 2 aromatic carbocycles. The van der Waals surface area contributed by atoms with E-state index in [0.717, 1.165) is 16.9 Å². The summed E-state index contributed by atoms with van der Waals surface area (Å²) in [4.78, 5) is 28.8. The highest BCUT2D eigenvalue weighted by atomic mass is 16.5. The van der Waals surface area contributed by atoms with Crippen molar-refractivity contribution < 1.29 is 19.1 Å². The van der Waals surface area contributed by atoms with Gasteiger partial charge in [0.15, 0.2) is 5.78 Å². The van der Waals surface area contributed by atoms with Crippen LogP contribution in [0.3, 0.4) is 0 Å². The Labute approximate surface area is 187 Å². The SMILES string of the molecule is COc1ccc(OC)c(CNC(=O)CCC(=O)C(C#N)=C2N(C)c3ccccc3N2C)c1. The molecular formula is C24H26N4O4. The smallest absolute Gasteiger partial charge is 0.220 e. The Morgan fingerprint density at radius 2 is 1.66 bits per heavy atom. The molecule has 166 valence electrons. The lowest BCUT2D eigenvalue weighted by Crippen LogP contribution is -2.27. The maximum atomic E-state index is 12.8. The molecular weight excluding hydrogens is 408 g/mol. The summed E-state index contributed by atoms with van der Waals surface area (Å²) in [5.41, 5.74) is 2.62. The summed E-state index contributed by atoms with van der Waals surface area (Å²) in [6, 6.07) is 15.0. The Hall–Kier alpha value is -3.99. The van der Waals surface area contributed by atoms with Gasteiger partial charge in [-0.2, -0.15) is 5.26 Å². The standard InChI is InChI=1S/C24H26N4O4/c1-27-19-7-5-6-8-20(19)28(2)24(27)18(14-25)21(29)10-12-23(30)26-15-16-13-17(31-3)9-11-22(16)32-4/h5-9,11,13H,10,12,15H2,1-4H3,(H,26,30). The van der Waals surface area contributed by atoms with Crippen LogP contribution < -0.4 is 24.6 Å². The van der Waals surface area contributed by atoms with Gasteiger partial charge in [-0.15, -0.1) is 0 Å². The zero-order valence-corrected chi connectivity index (χ0v) is 18.6. The fraction of sp³-hybridized carbons (Fsp3) is 0.292. The van der Waals surface area contributed by atoms with Crippen molar-refractivity contribution in [1.29, 1.82) is 5.26 Å². The molecule has 32 heavy (non-hydrogen) atoms. The molecule has 1 heterocycles. The van der Waals surface area contributed by atoms with E-state index in [1.807, 2.05) is 54.2 Å². The van der Waals surface area contributed by atoms with E-state index in [1.54, 1.807) is 32.4 Å². The molecule has 0 spiro atoms. The van der Waals surface area contributed by atoms with Crippen molar-refractivity contribution in [2.75, 3.05) is 38.1 Å². The van der Waals surface area contributed by atoms with Crippen molar-refractivity contribution in [3.05, 3.63) is 59.4 Å². The Morgan fingerprint density at radius 3 is 2.22 bits per heavy atom. The number of anilines is 2. The van der Waals surface area contributed by atoms with Crippen LogP contribution in [0.1, 0.15) is 18.4 Å². The normalized spacial score (nSPS) is 12.2. The molecule has 0 saturated heterocycles. The van der Waals surface area contributed by atoms with Crippen LogP contribution in [0.2, 0.25) is 0 Å². The number of benzene rings is 2. The molecule has 8 heteroatoms. The number of rotatable bonds is 8. The van der Waals surface area contributed by atoms with Gasteiger partial charge in [-0.3, -0.25) is 9.59 Å². The number of nitrogens with one attached hydrogen (secondary N) is 1. The molecule has 0 fully saturated rings. The second kappa shape index (κ2) is 9.88. The van der Waals surface area contributed by atoms with Gasteiger partial charge < -0.3 is 24.6 Å². The molecule has 0 saturated carbocycles. The van der Waals surface area contributed by atoms with Crippen LogP contribution in [-0.2, 0) is 16.1 Å². The lowest BCUT2D eigenvalue weighted by atomic mass is 10.1. The summed E-state index contributed by atoms with van der Waals surface area (Å²) in [5, 5.41) is 12.5. The number of para-hydroxylation sites is 2. The highest BCUT2D eigenvalue weighted by molar-refractivity contribution is 6.03. The third-order valence-corrected chi connectivity index (χ3v) is 5.40. The van der Waals surface area contributed by atoms with Crippen LogP contribution in [0.5, 0.6) is 11.5 Å². The highest BCUT2D eigenvalue weighted by Gasteiger charge is 2.31. The van der Waals surface area contributed by atoms with Crippen LogP contribution in [-0.4, -0.2) is 40.0 Å². The number of ether oxygens (including phenoxy) is 2. The molecule has 1 N–H and O–H groups in total. The molecule has 2 aromatic rings. The summed E-state index contributed by atoms with van der Waals surface area (Å²) in [7, 11) is 6.75. The van der Waals surface area contributed by atoms with Gasteiger partial charge >= 0.3 is 0 Å². The summed E-state index contributed by atoms with van der Waals surface area (Å²) >= 11 is 0. The van der Waals surface area contributed by atoms with E-state index in [0.29, 0.717) is 17.3 Å². The number of ketones is 1. The molecule has 1 aliphatic heterocycles. The number of methoxy groups -OCH3 is 2. The fourth-order valence-electron chi connectivity index (χ4n) is 3.71. The second-order valence-corrected chi connectivity index (χ2v) is 7.29. The summed E-state index contributed by atoms with van der Waals surface area (Å²) in [5.74, 6) is 1.14. The highest BCUT2D eigenvalue weighted by Crippen LogP contribution is 2.40. The van der Waals surface area contributed by atoms with Crippen molar-refractivity contribution in [1.82, 2.24) is 5.32 Å². The molecule has 8 nitrogen and oxygen atoms in total. The third kappa shape index (κ3) is 4.52. The van der Waals surface area contributed by atoms with Crippen molar-refractivity contribution in [2.24, 2.45) is 0 Å². The van der Waals surface area contributed by atoms with Crippen LogP contribution in [0.15, 0.2) is 53.9 Å². The van der Waals surface area contributed by atoms with E-state index in [4.69, 9.17) is 9.47 Å². The van der Waals surface area contributed by atoms with Crippen molar-refractivity contribution >= 4 is 23.1 Å². The molecule has 0 aromatic heterocycles. The first-order valence-corrected chi connectivity index (χ1v) is 10.1. The third-order valence-electron chi connectivity index (χ3n) is 5.40. The zero-order valence-electron chi connectivity index (χ0n) is 18.6. The van der Waals surface area contributed by atoms with Crippen LogP contribution in [0.25, 0.3) is 0 Å². The molecule has 0 unspecified atom stereocenters. The van der Waals surface area contributed by atoms with E-state index in [9.17, 15) is 14.9 Å². The van der Waals surface area contributed by atoms with Crippen molar-refractivity contribution in [3.8, 4) is 17.6 Å². The van der Waals surface area contributed by atoms with Gasteiger partial charge in [0.05, 0.1) is 25.6 Å². The first-order chi connectivity index (χ1) is 15.4. The number of hydrogen-bond donors (Lipinski definition) is 1. The Balaban J connectivity index is 1.65. The summed E-state index contributed by atoms with van der Waals surface area (Å²) in [6.07, 6.45) is -0.0878. The average Bonchev–Trinajstić information content (AvgIpc) is 3.07. The Morgan fingerprint density at radius 1 is 1.00 bits per heavy atom. The topological polar surface area (TPSA) is 94.9 Å². The van der Waals surface area contributed by atoms with Crippen molar-refractivity contribution in [2.45, 2.75) is 19.4 Å². The van der Waals surface area contributed by atoms with E-state index in [2.05, 4.69) is 5.32 Å². The van der Waals surface area contributed by atoms with E-state index >= 15 is 0 Å². The number of fused-ring (bicyclic) bond motifs is 1. The van der Waals surface area contributed by atoms with Crippen LogP contribution in [0, 0.1) is 11.3 Å². The minimum absolute atomic E-state index is 0.0239. The molecule has 1 amide bonds. The van der Waals surface area contributed by atoms with Gasteiger partial charge in [0.1, 0.15) is 29.0 Å². The predicted octanol–water partition coefficient (Wildman–Crippen LogP) is 2.99. The van der Waals surface area contributed by atoms with E-state index in [1.165, 1.54) is 0 Å². The van der Waals surface area contributed by atoms with Crippen LogP contribution in [0.4, 0.5) is 11.4 Å². The number of hydrogen-bond acceptors (Lipinski definition) is 7. The largest absolute Gasteiger partial charge is 0.497 e. The Bertz CT molecular complexity index is 1070. The molecule has 0 aliphatic carbocycles. The van der Waals surface area contributed by atoms with Gasteiger partial charge in [-0.25, -0.2) is 0 Å². The van der Waals surface area contributed by atoms with Gasteiger partial charge in [-0.1, -0.05) is 12.1 Å². The molecule has 3 rings (SSSR count). The van der Waals surface area contributed by atoms with Gasteiger partial charge in [0.2, 0.25) is 5.91 Å². The molecule has 1 aliphatic rings. The predicted molar refractivity (Wildman–Crippen MR) is 122 cm³/mol. The van der Waals surface area contributed by atoms with E-state index in [-0.39, 0.29) is 36.6 Å². The minimum atomic E-state index is -0.372. The van der Waals surface area contributed by atoms with E-state index < -0.39 is 0 Å². The second-order valence-electron chi connectivity index (χ2n) is 7.29. The minimum Gasteiger partial charge on any atom is -0.497 e. The summed E-state index contributed by atoms with van der Waals surface area (Å²) in [6.45, 7) is 0.236. The molecule has 0 radical (unpaired) electrons. The number of nitrogens with zero attached hydrogens (tertiary/aromatic N) is 3. The lowest BCUT2D eigenvalue weighted by Gasteiger charge is -2.19. The first-order valence-electron chi connectivity index (χ1n) is 10.1. The Kier molecular flexibility index (Phi) is 7.00. The van der Waals surface area contributed by atoms with Crippen LogP contribution >= 0.6 is 0 Å². The summed E-state index contributed by atoms with van der Waals surface area (Å²) < 4.78 is 10.5. The van der Waals surface area contributed by atoms with Gasteiger partial charge in [-0.05, 0) is 30.3 Å². The lowest BCUT2D eigenvalue weighted by molar-refractivity contribution is -0.124. The maximum absolute atomic E-state index is 12.8. The fourth-order valence-corrected chi connectivity index (χ4v) is 3.71. The quantitative estimate of drug-likeness (QED) is 0.504. The monoisotopic (exact) mass is 434 g/mol. The number of allylic oxidation sites excluding steroid dienone is 1. The maximum Gasteiger partial charge on any atom is 0.220 e. The van der Waals surface area contributed by atoms with Crippen molar-refractivity contribution in [3.63, 3.8) is 0 Å². The number of carbonyl (C=O) groups excluding carboxylic acids is 2. The molecule has 0 atom stereocenters. The average molecular weight is 434 g/mol. The number of carbonyl (C=O) groups is 2. The van der Waals surface area contributed by atoms with Gasteiger partial charge in [0, 0.05) is 39.0 Å².